The summed E-state index contributed by atoms with van der Waals surface area (Å²) in [6.07, 6.45) is 0.628. The van der Waals surface area contributed by atoms with E-state index in [1.165, 1.54) is 0 Å². The van der Waals surface area contributed by atoms with E-state index in [0.717, 1.165) is 62.2 Å². The van der Waals surface area contributed by atoms with Crippen molar-refractivity contribution >= 4 is 17.7 Å². The van der Waals surface area contributed by atoms with Crippen LogP contribution in [0.3, 0.4) is 0 Å². The third-order valence-electron chi connectivity index (χ3n) is 4.38. The molecule has 2 aliphatic rings. The third kappa shape index (κ3) is 3.50. The molecule has 6 heteroatoms. The SMILES string of the molecule is Cc1cc(C2SCCC(=O)N2CCN2CCOCC2)oc1C. The molecule has 0 bridgehead atoms. The minimum Gasteiger partial charge on any atom is -0.463 e. The molecule has 3 heterocycles. The second kappa shape index (κ2) is 7.06. The zero-order valence-corrected chi connectivity index (χ0v) is 14.2. The molecule has 0 saturated carbocycles. The predicted molar refractivity (Wildman–Crippen MR) is 87.0 cm³/mol. The van der Waals surface area contributed by atoms with Crippen LogP contribution in [0.15, 0.2) is 10.5 Å². The van der Waals surface area contributed by atoms with E-state index in [4.69, 9.17) is 9.15 Å². The van der Waals surface area contributed by atoms with E-state index in [9.17, 15) is 4.79 Å². The van der Waals surface area contributed by atoms with Crippen LogP contribution in [-0.4, -0.2) is 60.9 Å². The van der Waals surface area contributed by atoms with E-state index in [1.54, 1.807) is 11.8 Å². The largest absolute Gasteiger partial charge is 0.463 e. The topological polar surface area (TPSA) is 45.9 Å². The summed E-state index contributed by atoms with van der Waals surface area (Å²) in [5.74, 6) is 2.97. The number of morpholine rings is 1. The van der Waals surface area contributed by atoms with E-state index in [2.05, 4.69) is 17.9 Å². The Bertz CT molecular complexity index is 506. The first-order valence-corrected chi connectivity index (χ1v) is 8.98. The van der Waals surface area contributed by atoms with Crippen molar-refractivity contribution in [2.75, 3.05) is 45.1 Å². The molecule has 0 aromatic carbocycles. The Morgan fingerprint density at radius 2 is 2.05 bits per heavy atom. The highest BCUT2D eigenvalue weighted by atomic mass is 32.2. The maximum absolute atomic E-state index is 12.4. The van der Waals surface area contributed by atoms with Gasteiger partial charge >= 0.3 is 0 Å². The Morgan fingerprint density at radius 3 is 2.73 bits per heavy atom. The average Bonchev–Trinajstić information content (AvgIpc) is 2.86. The van der Waals surface area contributed by atoms with Crippen LogP contribution in [0.1, 0.15) is 28.9 Å². The first kappa shape index (κ1) is 15.9. The number of amides is 1. The van der Waals surface area contributed by atoms with Gasteiger partial charge in [0, 0.05) is 38.4 Å². The summed E-state index contributed by atoms with van der Waals surface area (Å²) in [4.78, 5) is 16.7. The zero-order chi connectivity index (χ0) is 15.5. The van der Waals surface area contributed by atoms with Crippen molar-refractivity contribution in [1.82, 2.24) is 9.80 Å². The molecule has 1 aromatic rings. The van der Waals surface area contributed by atoms with Crippen LogP contribution >= 0.6 is 11.8 Å². The second-order valence-electron chi connectivity index (χ2n) is 5.90. The Kier molecular flexibility index (Phi) is 5.10. The summed E-state index contributed by atoms with van der Waals surface area (Å²) in [6, 6.07) is 2.08. The van der Waals surface area contributed by atoms with Crippen molar-refractivity contribution < 1.29 is 13.9 Å². The van der Waals surface area contributed by atoms with Crippen LogP contribution in [0.2, 0.25) is 0 Å². The van der Waals surface area contributed by atoms with E-state index < -0.39 is 0 Å². The van der Waals surface area contributed by atoms with Gasteiger partial charge in [-0.15, -0.1) is 11.8 Å². The van der Waals surface area contributed by atoms with E-state index in [1.807, 2.05) is 11.8 Å². The molecule has 0 spiro atoms. The average molecular weight is 324 g/mol. The molecular weight excluding hydrogens is 300 g/mol. The molecule has 1 atom stereocenters. The first-order chi connectivity index (χ1) is 10.6. The van der Waals surface area contributed by atoms with E-state index in [0.29, 0.717) is 6.42 Å². The van der Waals surface area contributed by atoms with Gasteiger partial charge in [-0.1, -0.05) is 0 Å². The summed E-state index contributed by atoms with van der Waals surface area (Å²) in [5.41, 5.74) is 1.15. The molecule has 122 valence electrons. The normalized spacial score (nSPS) is 24.0. The maximum atomic E-state index is 12.4. The molecule has 5 nitrogen and oxygen atoms in total. The number of rotatable bonds is 4. The number of ether oxygens (including phenoxy) is 1. The fourth-order valence-corrected chi connectivity index (χ4v) is 4.10. The predicted octanol–water partition coefficient (Wildman–Crippen LogP) is 2.19. The molecule has 3 rings (SSSR count). The molecule has 0 radical (unpaired) electrons. The van der Waals surface area contributed by atoms with E-state index >= 15 is 0 Å². The lowest BCUT2D eigenvalue weighted by Crippen LogP contribution is -2.45. The number of carbonyl (C=O) groups is 1. The quantitative estimate of drug-likeness (QED) is 0.849. The minimum absolute atomic E-state index is 0.0229. The number of hydrogen-bond acceptors (Lipinski definition) is 5. The summed E-state index contributed by atoms with van der Waals surface area (Å²) in [7, 11) is 0. The van der Waals surface area contributed by atoms with Crippen molar-refractivity contribution in [2.45, 2.75) is 25.6 Å². The van der Waals surface area contributed by atoms with Crippen LogP contribution in [0.5, 0.6) is 0 Å². The number of aryl methyl sites for hydroxylation is 2. The summed E-state index contributed by atoms with van der Waals surface area (Å²) in [5, 5.41) is 0.0229. The van der Waals surface area contributed by atoms with Crippen molar-refractivity contribution in [2.24, 2.45) is 0 Å². The zero-order valence-electron chi connectivity index (χ0n) is 13.3. The van der Waals surface area contributed by atoms with Crippen molar-refractivity contribution in [3.63, 3.8) is 0 Å². The smallest absolute Gasteiger partial charge is 0.224 e. The van der Waals surface area contributed by atoms with Crippen molar-refractivity contribution in [3.05, 3.63) is 23.2 Å². The Labute approximate surface area is 136 Å². The fourth-order valence-electron chi connectivity index (χ4n) is 2.90. The summed E-state index contributed by atoms with van der Waals surface area (Å²) < 4.78 is 11.3. The van der Waals surface area contributed by atoms with Gasteiger partial charge in [0.05, 0.1) is 13.2 Å². The molecule has 1 aromatic heterocycles. The summed E-state index contributed by atoms with van der Waals surface area (Å²) >= 11 is 1.80. The van der Waals surface area contributed by atoms with Gasteiger partial charge in [-0.2, -0.15) is 0 Å². The van der Waals surface area contributed by atoms with Crippen LogP contribution < -0.4 is 0 Å². The lowest BCUT2D eigenvalue weighted by atomic mass is 10.2. The van der Waals surface area contributed by atoms with Crippen LogP contribution in [0, 0.1) is 13.8 Å². The van der Waals surface area contributed by atoms with Gasteiger partial charge in [-0.3, -0.25) is 9.69 Å². The third-order valence-corrected chi connectivity index (χ3v) is 5.63. The highest BCUT2D eigenvalue weighted by molar-refractivity contribution is 7.99. The van der Waals surface area contributed by atoms with Gasteiger partial charge in [-0.05, 0) is 25.5 Å². The molecule has 0 N–H and O–H groups in total. The Balaban J connectivity index is 1.68. The molecule has 2 fully saturated rings. The van der Waals surface area contributed by atoms with Crippen LogP contribution in [-0.2, 0) is 9.53 Å². The summed E-state index contributed by atoms with van der Waals surface area (Å²) in [6.45, 7) is 9.20. The molecule has 1 unspecified atom stereocenters. The molecule has 2 aliphatic heterocycles. The number of furan rings is 1. The Hall–Kier alpha value is -0.980. The highest BCUT2D eigenvalue weighted by Gasteiger charge is 2.32. The van der Waals surface area contributed by atoms with Crippen molar-refractivity contribution in [1.29, 1.82) is 0 Å². The molecule has 1 amide bonds. The van der Waals surface area contributed by atoms with Gasteiger partial charge in [0.1, 0.15) is 16.9 Å². The molecular formula is C16H24N2O3S. The lowest BCUT2D eigenvalue weighted by molar-refractivity contribution is -0.132. The van der Waals surface area contributed by atoms with Crippen molar-refractivity contribution in [3.8, 4) is 0 Å². The van der Waals surface area contributed by atoms with Gasteiger partial charge in [0.2, 0.25) is 5.91 Å². The minimum atomic E-state index is 0.0229. The second-order valence-corrected chi connectivity index (χ2v) is 7.09. The number of thioether (sulfide) groups is 1. The first-order valence-electron chi connectivity index (χ1n) is 7.93. The fraction of sp³-hybridized carbons (Fsp3) is 0.688. The molecule has 2 saturated heterocycles. The van der Waals surface area contributed by atoms with Gasteiger partial charge in [0.25, 0.3) is 0 Å². The molecule has 22 heavy (non-hydrogen) atoms. The lowest BCUT2D eigenvalue weighted by Gasteiger charge is -2.36. The standard InChI is InChI=1S/C16H24N2O3S/c1-12-11-14(21-13(12)2)16-18(15(19)3-10-22-16)5-4-17-6-8-20-9-7-17/h11,16H,3-10H2,1-2H3. The van der Waals surface area contributed by atoms with Crippen LogP contribution in [0.25, 0.3) is 0 Å². The van der Waals surface area contributed by atoms with Gasteiger partial charge in [-0.25, -0.2) is 0 Å². The number of nitrogens with zero attached hydrogens (tertiary/aromatic N) is 2. The monoisotopic (exact) mass is 324 g/mol. The highest BCUT2D eigenvalue weighted by Crippen LogP contribution is 2.38. The molecule has 0 aliphatic carbocycles. The van der Waals surface area contributed by atoms with Gasteiger partial charge < -0.3 is 14.1 Å². The Morgan fingerprint density at radius 1 is 1.27 bits per heavy atom. The maximum Gasteiger partial charge on any atom is 0.224 e. The number of hydrogen-bond donors (Lipinski definition) is 0. The van der Waals surface area contributed by atoms with Crippen LogP contribution in [0.4, 0.5) is 0 Å². The van der Waals surface area contributed by atoms with Gasteiger partial charge in [0.15, 0.2) is 0 Å². The number of carbonyl (C=O) groups excluding carboxylic acids is 1. The van der Waals surface area contributed by atoms with E-state index in [-0.39, 0.29) is 11.3 Å².